The summed E-state index contributed by atoms with van der Waals surface area (Å²) in [5.41, 5.74) is 3.93. The minimum atomic E-state index is -2.97. The number of hydrogen-bond donors (Lipinski definition) is 1. The summed E-state index contributed by atoms with van der Waals surface area (Å²) in [4.78, 5) is 19.3. The van der Waals surface area contributed by atoms with E-state index in [0.29, 0.717) is 23.6 Å². The minimum Gasteiger partial charge on any atom is -0.493 e. The van der Waals surface area contributed by atoms with Gasteiger partial charge in [-0.25, -0.2) is 0 Å². The van der Waals surface area contributed by atoms with Crippen molar-refractivity contribution in [1.82, 2.24) is 10.1 Å². The molecule has 1 aliphatic heterocycles. The minimum absolute atomic E-state index is 0.0584. The molecule has 3 aromatic carbocycles. The third-order valence-corrected chi connectivity index (χ3v) is 5.79. The van der Waals surface area contributed by atoms with E-state index in [9.17, 15) is 13.6 Å². The van der Waals surface area contributed by atoms with Gasteiger partial charge < -0.3 is 24.2 Å². The number of alkyl halides is 2. The maximum Gasteiger partial charge on any atom is 0.387 e. The van der Waals surface area contributed by atoms with Crippen molar-refractivity contribution in [3.63, 3.8) is 0 Å². The summed E-state index contributed by atoms with van der Waals surface area (Å²) < 4.78 is 40.0. The molecule has 10 heteroatoms. The molecular formula is C26H22F2N4O4. The van der Waals surface area contributed by atoms with Crippen LogP contribution in [0.2, 0.25) is 0 Å². The Balaban J connectivity index is 1.26. The number of methoxy groups -OCH3 is 1. The number of nitrogens with one attached hydrogen (secondary N) is 1. The predicted molar refractivity (Wildman–Crippen MR) is 129 cm³/mol. The number of anilines is 2. The summed E-state index contributed by atoms with van der Waals surface area (Å²) in [6, 6.07) is 19.5. The van der Waals surface area contributed by atoms with Crippen molar-refractivity contribution in [2.24, 2.45) is 0 Å². The maximum atomic E-state index is 13.1. The van der Waals surface area contributed by atoms with Gasteiger partial charge in [-0.2, -0.15) is 13.8 Å². The van der Waals surface area contributed by atoms with E-state index in [0.717, 1.165) is 17.8 Å². The highest BCUT2D eigenvalue weighted by atomic mass is 19.3. The van der Waals surface area contributed by atoms with Crippen LogP contribution in [0.25, 0.3) is 11.4 Å². The third kappa shape index (κ3) is 4.83. The number of rotatable bonds is 8. The molecule has 0 atom stereocenters. The van der Waals surface area contributed by atoms with Crippen LogP contribution < -0.4 is 19.7 Å². The number of amides is 1. The van der Waals surface area contributed by atoms with Gasteiger partial charge in [-0.15, -0.1) is 0 Å². The third-order valence-electron chi connectivity index (χ3n) is 5.79. The Hall–Kier alpha value is -4.47. The quantitative estimate of drug-likeness (QED) is 0.363. The zero-order chi connectivity index (χ0) is 25.1. The van der Waals surface area contributed by atoms with Crippen molar-refractivity contribution in [2.45, 2.75) is 19.6 Å². The molecule has 1 N–H and O–H groups in total. The molecule has 0 spiro atoms. The van der Waals surface area contributed by atoms with Crippen LogP contribution in [-0.2, 0) is 13.0 Å². The van der Waals surface area contributed by atoms with E-state index in [4.69, 9.17) is 9.26 Å². The van der Waals surface area contributed by atoms with Crippen LogP contribution in [0.15, 0.2) is 71.3 Å². The number of para-hydroxylation sites is 1. The first-order valence-electron chi connectivity index (χ1n) is 11.2. The molecule has 1 amide bonds. The molecule has 0 radical (unpaired) electrons. The van der Waals surface area contributed by atoms with E-state index in [1.165, 1.54) is 30.9 Å². The van der Waals surface area contributed by atoms with Gasteiger partial charge in [-0.1, -0.05) is 29.4 Å². The lowest BCUT2D eigenvalue weighted by atomic mass is 10.1. The van der Waals surface area contributed by atoms with Gasteiger partial charge in [0.15, 0.2) is 11.5 Å². The second-order valence-corrected chi connectivity index (χ2v) is 8.03. The van der Waals surface area contributed by atoms with Crippen molar-refractivity contribution < 1.29 is 27.6 Å². The fraction of sp³-hybridized carbons (Fsp3) is 0.192. The Morgan fingerprint density at radius 1 is 1.11 bits per heavy atom. The van der Waals surface area contributed by atoms with Crippen molar-refractivity contribution in [3.05, 3.63) is 83.7 Å². The molecule has 0 aliphatic carbocycles. The number of fused-ring (bicyclic) bond motifs is 1. The van der Waals surface area contributed by atoms with Crippen molar-refractivity contribution in [1.29, 1.82) is 0 Å². The Bertz CT molecular complexity index is 1390. The van der Waals surface area contributed by atoms with Crippen molar-refractivity contribution in [3.8, 4) is 22.9 Å². The first-order chi connectivity index (χ1) is 17.5. The highest BCUT2D eigenvalue weighted by molar-refractivity contribution is 6.07. The van der Waals surface area contributed by atoms with Crippen LogP contribution in [-0.4, -0.2) is 36.3 Å². The molecule has 0 fully saturated rings. The summed E-state index contributed by atoms with van der Waals surface area (Å²) in [7, 11) is 1.35. The van der Waals surface area contributed by atoms with Crippen LogP contribution in [0, 0.1) is 0 Å². The molecule has 0 saturated heterocycles. The highest BCUT2D eigenvalue weighted by Gasteiger charge is 2.25. The van der Waals surface area contributed by atoms with E-state index in [1.54, 1.807) is 17.0 Å². The van der Waals surface area contributed by atoms with Crippen molar-refractivity contribution >= 4 is 17.3 Å². The lowest BCUT2D eigenvalue weighted by molar-refractivity contribution is -0.0512. The van der Waals surface area contributed by atoms with E-state index in [1.807, 2.05) is 36.4 Å². The monoisotopic (exact) mass is 492 g/mol. The molecule has 2 heterocycles. The van der Waals surface area contributed by atoms with Gasteiger partial charge in [0.2, 0.25) is 11.7 Å². The average molecular weight is 492 g/mol. The summed E-state index contributed by atoms with van der Waals surface area (Å²) in [5, 5.41) is 7.14. The van der Waals surface area contributed by atoms with E-state index in [2.05, 4.69) is 20.2 Å². The molecular weight excluding hydrogens is 470 g/mol. The standard InChI is InChI=1S/C26H22F2N4O4/c1-34-22-14-17(9-10-21(22)35-26(27)28)24-30-23(36-31-24)15-29-19-7-4-6-18(13-19)25(33)32-12-11-16-5-2-3-8-20(16)32/h2-10,13-14,26,29H,11-12,15H2,1H3. The number of aromatic nitrogens is 2. The number of halogens is 2. The number of carbonyl (C=O) groups is 1. The van der Waals surface area contributed by atoms with E-state index in [-0.39, 0.29) is 29.8 Å². The van der Waals surface area contributed by atoms with Gasteiger partial charge in [0.25, 0.3) is 5.91 Å². The normalized spacial score (nSPS) is 12.5. The highest BCUT2D eigenvalue weighted by Crippen LogP contribution is 2.33. The molecule has 184 valence electrons. The fourth-order valence-corrected chi connectivity index (χ4v) is 4.09. The molecule has 36 heavy (non-hydrogen) atoms. The zero-order valence-electron chi connectivity index (χ0n) is 19.3. The lowest BCUT2D eigenvalue weighted by Gasteiger charge is -2.18. The number of hydrogen-bond acceptors (Lipinski definition) is 7. The Morgan fingerprint density at radius 2 is 1.97 bits per heavy atom. The Morgan fingerprint density at radius 3 is 2.81 bits per heavy atom. The molecule has 1 aromatic heterocycles. The lowest BCUT2D eigenvalue weighted by Crippen LogP contribution is -2.28. The maximum absolute atomic E-state index is 13.1. The molecule has 0 unspecified atom stereocenters. The zero-order valence-corrected chi connectivity index (χ0v) is 19.3. The Kier molecular flexibility index (Phi) is 6.48. The summed E-state index contributed by atoms with van der Waals surface area (Å²) >= 11 is 0. The topological polar surface area (TPSA) is 89.7 Å². The van der Waals surface area contributed by atoms with Crippen LogP contribution in [0.1, 0.15) is 21.8 Å². The molecule has 0 bridgehead atoms. The number of nitrogens with zero attached hydrogens (tertiary/aromatic N) is 3. The smallest absolute Gasteiger partial charge is 0.387 e. The largest absolute Gasteiger partial charge is 0.493 e. The molecule has 0 saturated carbocycles. The first kappa shape index (κ1) is 23.3. The summed E-state index contributed by atoms with van der Waals surface area (Å²) in [6.45, 7) is -2.09. The van der Waals surface area contributed by atoms with Crippen LogP contribution in [0.3, 0.4) is 0 Å². The molecule has 8 nitrogen and oxygen atoms in total. The Labute approximate surface area is 205 Å². The number of ether oxygens (including phenoxy) is 2. The average Bonchev–Trinajstić information content (AvgIpc) is 3.55. The molecule has 4 aromatic rings. The summed E-state index contributed by atoms with van der Waals surface area (Å²) in [6.07, 6.45) is 0.840. The van der Waals surface area contributed by atoms with Gasteiger partial charge in [-0.3, -0.25) is 4.79 Å². The van der Waals surface area contributed by atoms with E-state index >= 15 is 0 Å². The predicted octanol–water partition coefficient (Wildman–Crippen LogP) is 5.16. The fourth-order valence-electron chi connectivity index (χ4n) is 4.09. The van der Waals surface area contributed by atoms with E-state index < -0.39 is 6.61 Å². The van der Waals surface area contributed by atoms with Crippen molar-refractivity contribution in [2.75, 3.05) is 23.9 Å². The molecule has 1 aliphatic rings. The van der Waals surface area contributed by atoms with Gasteiger partial charge in [0.05, 0.1) is 13.7 Å². The molecule has 5 rings (SSSR count). The number of benzene rings is 3. The second kappa shape index (κ2) is 10.0. The van der Waals surface area contributed by atoms with Gasteiger partial charge >= 0.3 is 6.61 Å². The SMILES string of the molecule is COc1cc(-c2noc(CNc3cccc(C(=O)N4CCc5ccccc54)c3)n2)ccc1OC(F)F. The van der Waals surface area contributed by atoms with Crippen LogP contribution in [0.5, 0.6) is 11.5 Å². The van der Waals surface area contributed by atoms with Gasteiger partial charge in [-0.05, 0) is 54.4 Å². The second-order valence-electron chi connectivity index (χ2n) is 8.03. The summed E-state index contributed by atoms with van der Waals surface area (Å²) in [5.74, 6) is 0.553. The van der Waals surface area contributed by atoms with Gasteiger partial charge in [0.1, 0.15) is 0 Å². The number of carbonyl (C=O) groups excluding carboxylic acids is 1. The van der Waals surface area contributed by atoms with Crippen LogP contribution in [0.4, 0.5) is 20.2 Å². The van der Waals surface area contributed by atoms with Gasteiger partial charge in [0, 0.05) is 29.0 Å². The first-order valence-corrected chi connectivity index (χ1v) is 11.2. The van der Waals surface area contributed by atoms with Crippen LogP contribution >= 0.6 is 0 Å².